The molecule has 0 amide bonds. The van der Waals surface area contributed by atoms with Crippen LogP contribution in [-0.2, 0) is 0 Å². The number of hydrogen-bond acceptors (Lipinski definition) is 1. The van der Waals surface area contributed by atoms with Crippen molar-refractivity contribution >= 4 is 15.9 Å². The summed E-state index contributed by atoms with van der Waals surface area (Å²) in [4.78, 5) is 0.607. The van der Waals surface area contributed by atoms with Crippen molar-refractivity contribution in [2.75, 3.05) is 0 Å². The maximum Gasteiger partial charge on any atom is 0.122 e. The molecule has 1 fully saturated rings. The molecule has 18 heavy (non-hydrogen) atoms. The van der Waals surface area contributed by atoms with Crippen LogP contribution in [0.5, 0.6) is 5.75 Å². The average molecular weight is 311 g/mol. The third kappa shape index (κ3) is 2.09. The highest BCUT2D eigenvalue weighted by Gasteiger charge is 2.53. The summed E-state index contributed by atoms with van der Waals surface area (Å²) in [5, 5.41) is 0. The topological polar surface area (TPSA) is 9.23 Å². The Labute approximate surface area is 119 Å². The average Bonchev–Trinajstić information content (AvgIpc) is 2.36. The fourth-order valence-corrected chi connectivity index (χ4v) is 4.30. The Bertz CT molecular complexity index is 423. The predicted molar refractivity (Wildman–Crippen MR) is 80.7 cm³/mol. The fraction of sp³-hybridized carbons (Fsp3) is 0.625. The van der Waals surface area contributed by atoms with Gasteiger partial charge < -0.3 is 4.74 Å². The van der Waals surface area contributed by atoms with Crippen LogP contribution in [0.25, 0.3) is 0 Å². The van der Waals surface area contributed by atoms with Crippen LogP contribution in [-0.4, -0.2) is 10.9 Å². The zero-order chi connectivity index (χ0) is 13.3. The van der Waals surface area contributed by atoms with E-state index in [1.54, 1.807) is 0 Å². The van der Waals surface area contributed by atoms with Crippen molar-refractivity contribution in [2.24, 2.45) is 5.41 Å². The lowest BCUT2D eigenvalue weighted by atomic mass is 9.62. The van der Waals surface area contributed by atoms with Crippen LogP contribution in [0.4, 0.5) is 0 Å². The van der Waals surface area contributed by atoms with Gasteiger partial charge in [-0.1, -0.05) is 41.9 Å². The molecule has 2 heteroatoms. The van der Waals surface area contributed by atoms with Gasteiger partial charge >= 0.3 is 0 Å². The monoisotopic (exact) mass is 310 g/mol. The van der Waals surface area contributed by atoms with Crippen LogP contribution < -0.4 is 4.74 Å². The quantitative estimate of drug-likeness (QED) is 0.709. The Morgan fingerprint density at radius 1 is 1.28 bits per heavy atom. The number of halogens is 1. The molecule has 2 rings (SSSR count). The van der Waals surface area contributed by atoms with Crippen molar-refractivity contribution in [1.82, 2.24) is 0 Å². The van der Waals surface area contributed by atoms with Crippen molar-refractivity contribution < 1.29 is 4.74 Å². The molecule has 0 aromatic heterocycles. The lowest BCUT2D eigenvalue weighted by Gasteiger charge is -2.52. The molecule has 1 aromatic rings. The maximum absolute atomic E-state index is 6.30. The minimum Gasteiger partial charge on any atom is -0.489 e. The van der Waals surface area contributed by atoms with Gasteiger partial charge in [-0.25, -0.2) is 0 Å². The molecule has 0 heterocycles. The van der Waals surface area contributed by atoms with Crippen LogP contribution >= 0.6 is 15.9 Å². The molecule has 2 atom stereocenters. The number of alkyl halides is 1. The molecule has 1 aliphatic rings. The lowest BCUT2D eigenvalue weighted by Crippen LogP contribution is -2.56. The van der Waals surface area contributed by atoms with Crippen molar-refractivity contribution in [1.29, 1.82) is 0 Å². The highest BCUT2D eigenvalue weighted by Crippen LogP contribution is 2.52. The molecule has 1 nitrogen and oxygen atoms in total. The third-order valence-corrected chi connectivity index (χ3v) is 6.11. The molecule has 0 saturated heterocycles. The van der Waals surface area contributed by atoms with E-state index in [4.69, 9.17) is 4.74 Å². The van der Waals surface area contributed by atoms with Gasteiger partial charge in [-0.2, -0.15) is 0 Å². The van der Waals surface area contributed by atoms with Crippen LogP contribution in [0.1, 0.15) is 44.2 Å². The number of aryl methyl sites for hydroxylation is 1. The summed E-state index contributed by atoms with van der Waals surface area (Å²) in [6, 6.07) is 6.32. The first kappa shape index (κ1) is 13.9. The van der Waals surface area contributed by atoms with Gasteiger partial charge in [0.05, 0.1) is 0 Å². The molecule has 0 N–H and O–H groups in total. The molecular weight excluding hydrogens is 288 g/mol. The molecule has 100 valence electrons. The summed E-state index contributed by atoms with van der Waals surface area (Å²) >= 11 is 3.81. The second kappa shape index (κ2) is 5.24. The summed E-state index contributed by atoms with van der Waals surface area (Å²) < 4.78 is 6.30. The van der Waals surface area contributed by atoms with E-state index in [2.05, 4.69) is 61.8 Å². The van der Waals surface area contributed by atoms with Gasteiger partial charge in [0, 0.05) is 10.2 Å². The second-order valence-corrected chi connectivity index (χ2v) is 6.55. The minimum atomic E-state index is 0.316. The Kier molecular flexibility index (Phi) is 4.05. The van der Waals surface area contributed by atoms with Crippen molar-refractivity contribution in [3.05, 3.63) is 29.3 Å². The van der Waals surface area contributed by atoms with E-state index in [-0.39, 0.29) is 0 Å². The van der Waals surface area contributed by atoms with Gasteiger partial charge in [0.15, 0.2) is 0 Å². The molecule has 0 aliphatic heterocycles. The third-order valence-electron chi connectivity index (χ3n) is 4.83. The molecular formula is C16H23BrO. The van der Waals surface area contributed by atoms with Crippen molar-refractivity contribution in [2.45, 2.75) is 57.9 Å². The summed E-state index contributed by atoms with van der Waals surface area (Å²) in [6.07, 6.45) is 3.83. The van der Waals surface area contributed by atoms with E-state index in [1.165, 1.54) is 24.0 Å². The van der Waals surface area contributed by atoms with Crippen molar-refractivity contribution in [3.8, 4) is 5.75 Å². The zero-order valence-electron chi connectivity index (χ0n) is 11.8. The second-order valence-electron chi connectivity index (χ2n) is 5.45. The highest BCUT2D eigenvalue weighted by molar-refractivity contribution is 9.09. The maximum atomic E-state index is 6.30. The normalized spacial score (nSPS) is 25.6. The van der Waals surface area contributed by atoms with E-state index < -0.39 is 0 Å². The molecule has 2 unspecified atom stereocenters. The van der Waals surface area contributed by atoms with E-state index in [1.807, 2.05) is 0 Å². The Balaban J connectivity index is 2.18. The summed E-state index contributed by atoms with van der Waals surface area (Å²) in [5.74, 6) is 1.06. The van der Waals surface area contributed by atoms with Crippen LogP contribution in [0.3, 0.4) is 0 Å². The Hall–Kier alpha value is -0.500. The standard InChI is InChI=1S/C16H23BrO/c1-5-16(6-2)14(17)10-15(16)18-13-9-7-8-11(3)12(13)4/h7-9,14-15H,5-6,10H2,1-4H3. The van der Waals surface area contributed by atoms with Gasteiger partial charge in [-0.3, -0.25) is 0 Å². The number of rotatable bonds is 4. The number of benzene rings is 1. The molecule has 0 bridgehead atoms. The first-order valence-electron chi connectivity index (χ1n) is 6.92. The SMILES string of the molecule is CCC1(CC)C(Br)CC1Oc1cccc(C)c1C. The van der Waals surface area contributed by atoms with Gasteiger partial charge in [-0.15, -0.1) is 0 Å². The van der Waals surface area contributed by atoms with Crippen LogP contribution in [0, 0.1) is 19.3 Å². The predicted octanol–water partition coefficient (Wildman–Crippen LogP) is 5.02. The lowest BCUT2D eigenvalue weighted by molar-refractivity contribution is -0.0414. The van der Waals surface area contributed by atoms with E-state index in [0.29, 0.717) is 16.3 Å². The van der Waals surface area contributed by atoms with Crippen molar-refractivity contribution in [3.63, 3.8) is 0 Å². The number of hydrogen-bond donors (Lipinski definition) is 0. The zero-order valence-corrected chi connectivity index (χ0v) is 13.4. The summed E-state index contributed by atoms with van der Waals surface area (Å²) in [7, 11) is 0. The fourth-order valence-electron chi connectivity index (χ4n) is 3.02. The Morgan fingerprint density at radius 2 is 1.94 bits per heavy atom. The largest absolute Gasteiger partial charge is 0.489 e. The van der Waals surface area contributed by atoms with Gasteiger partial charge in [0.2, 0.25) is 0 Å². The van der Waals surface area contributed by atoms with Gasteiger partial charge in [0.1, 0.15) is 11.9 Å². The minimum absolute atomic E-state index is 0.316. The molecule has 1 aromatic carbocycles. The van der Waals surface area contributed by atoms with E-state index >= 15 is 0 Å². The van der Waals surface area contributed by atoms with E-state index in [9.17, 15) is 0 Å². The van der Waals surface area contributed by atoms with E-state index in [0.717, 1.165) is 12.2 Å². The Morgan fingerprint density at radius 3 is 2.50 bits per heavy atom. The number of ether oxygens (including phenoxy) is 1. The van der Waals surface area contributed by atoms with Gasteiger partial charge in [0.25, 0.3) is 0 Å². The highest BCUT2D eigenvalue weighted by atomic mass is 79.9. The molecule has 1 saturated carbocycles. The van der Waals surface area contributed by atoms with Crippen LogP contribution in [0.2, 0.25) is 0 Å². The van der Waals surface area contributed by atoms with Gasteiger partial charge in [-0.05, 0) is 50.3 Å². The molecule has 0 radical (unpaired) electrons. The first-order chi connectivity index (χ1) is 8.55. The first-order valence-corrected chi connectivity index (χ1v) is 7.83. The summed E-state index contributed by atoms with van der Waals surface area (Å²) in [5.41, 5.74) is 2.90. The van der Waals surface area contributed by atoms with Crippen LogP contribution in [0.15, 0.2) is 18.2 Å². The molecule has 0 spiro atoms. The smallest absolute Gasteiger partial charge is 0.122 e. The molecule has 1 aliphatic carbocycles. The summed E-state index contributed by atoms with van der Waals surface area (Å²) in [6.45, 7) is 8.84.